The fourth-order valence-electron chi connectivity index (χ4n) is 1.22. The van der Waals surface area contributed by atoms with Gasteiger partial charge in [-0.1, -0.05) is 13.8 Å². The maximum absolute atomic E-state index is 13.3. The molecule has 1 aromatic rings. The molecule has 0 radical (unpaired) electrons. The first-order chi connectivity index (χ1) is 8.32. The topological polar surface area (TPSA) is 89.7 Å². The molecule has 1 N–H and O–H groups in total. The third-order valence-electron chi connectivity index (χ3n) is 2.05. The van der Waals surface area contributed by atoms with Gasteiger partial charge in [-0.25, -0.2) is 9.18 Å². The van der Waals surface area contributed by atoms with Crippen molar-refractivity contribution < 1.29 is 24.0 Å². The minimum atomic E-state index is -1.50. The average molecular weight is 257 g/mol. The van der Waals surface area contributed by atoms with E-state index in [1.54, 1.807) is 0 Å². The highest BCUT2D eigenvalue weighted by molar-refractivity contribution is 5.89. The Kier molecular flexibility index (Phi) is 4.19. The predicted octanol–water partition coefficient (Wildman–Crippen LogP) is 2.47. The van der Waals surface area contributed by atoms with E-state index in [9.17, 15) is 19.3 Å². The van der Waals surface area contributed by atoms with E-state index in [1.165, 1.54) is 0 Å². The van der Waals surface area contributed by atoms with Gasteiger partial charge in [-0.3, -0.25) is 10.1 Å². The number of aromatic carboxylic acids is 1. The second-order valence-electron chi connectivity index (χ2n) is 4.07. The Morgan fingerprint density at radius 2 is 2.17 bits per heavy atom. The minimum Gasteiger partial charge on any atom is -0.487 e. The molecule has 0 aliphatic carbocycles. The summed E-state index contributed by atoms with van der Waals surface area (Å²) in [6.07, 6.45) is 0. The highest BCUT2D eigenvalue weighted by atomic mass is 19.1. The van der Waals surface area contributed by atoms with Crippen LogP contribution in [0.15, 0.2) is 12.1 Å². The Morgan fingerprint density at radius 3 is 2.61 bits per heavy atom. The number of rotatable bonds is 5. The molecule has 0 fully saturated rings. The molecule has 0 heterocycles. The van der Waals surface area contributed by atoms with Crippen LogP contribution in [0.1, 0.15) is 24.2 Å². The number of benzene rings is 1. The lowest BCUT2D eigenvalue weighted by molar-refractivity contribution is -0.386. The Bertz CT molecular complexity index is 487. The Labute approximate surface area is 102 Å². The van der Waals surface area contributed by atoms with E-state index in [0.29, 0.717) is 6.07 Å². The van der Waals surface area contributed by atoms with Crippen LogP contribution in [-0.4, -0.2) is 22.6 Å². The van der Waals surface area contributed by atoms with Gasteiger partial charge in [0.15, 0.2) is 5.75 Å². The molecule has 0 spiro atoms. The van der Waals surface area contributed by atoms with E-state index in [1.807, 2.05) is 13.8 Å². The van der Waals surface area contributed by atoms with Crippen molar-refractivity contribution in [3.63, 3.8) is 0 Å². The molecule has 0 bridgehead atoms. The number of carboxylic acid groups (broad SMARTS) is 1. The fourth-order valence-corrected chi connectivity index (χ4v) is 1.22. The number of carbonyl (C=O) groups is 1. The second-order valence-corrected chi connectivity index (χ2v) is 4.07. The summed E-state index contributed by atoms with van der Waals surface area (Å²) in [5.41, 5.74) is -1.24. The fraction of sp³-hybridized carbons (Fsp3) is 0.364. The van der Waals surface area contributed by atoms with Gasteiger partial charge in [0, 0.05) is 6.07 Å². The van der Waals surface area contributed by atoms with Gasteiger partial charge in [-0.05, 0) is 5.92 Å². The zero-order valence-corrected chi connectivity index (χ0v) is 9.84. The van der Waals surface area contributed by atoms with Crippen molar-refractivity contribution in [2.24, 2.45) is 5.92 Å². The van der Waals surface area contributed by atoms with Crippen LogP contribution < -0.4 is 4.74 Å². The summed E-state index contributed by atoms with van der Waals surface area (Å²) in [6.45, 7) is 3.83. The van der Waals surface area contributed by atoms with Crippen LogP contribution in [0.3, 0.4) is 0 Å². The largest absolute Gasteiger partial charge is 0.487 e. The molecular weight excluding hydrogens is 245 g/mol. The SMILES string of the molecule is CC(C)COc1cc(C(=O)O)c(F)cc1[N+](=O)[O-]. The molecule has 18 heavy (non-hydrogen) atoms. The normalized spacial score (nSPS) is 10.4. The molecule has 0 aliphatic heterocycles. The van der Waals surface area contributed by atoms with Crippen LogP contribution in [0.2, 0.25) is 0 Å². The lowest BCUT2D eigenvalue weighted by Gasteiger charge is -2.10. The van der Waals surface area contributed by atoms with Crippen LogP contribution in [0.25, 0.3) is 0 Å². The number of ether oxygens (including phenoxy) is 1. The molecule has 0 saturated carbocycles. The van der Waals surface area contributed by atoms with Crippen molar-refractivity contribution in [3.8, 4) is 5.75 Å². The standard InChI is InChI=1S/C11H12FNO5/c1-6(2)5-18-10-3-7(11(14)15)8(12)4-9(10)13(16)17/h3-4,6H,5H2,1-2H3,(H,14,15). The molecule has 0 atom stereocenters. The molecule has 1 aromatic carbocycles. The van der Waals surface area contributed by atoms with Gasteiger partial charge in [0.05, 0.1) is 23.2 Å². The zero-order valence-electron chi connectivity index (χ0n) is 9.84. The summed E-state index contributed by atoms with van der Waals surface area (Å²) >= 11 is 0. The molecule has 98 valence electrons. The smallest absolute Gasteiger partial charge is 0.338 e. The predicted molar refractivity (Wildman–Crippen MR) is 60.3 cm³/mol. The number of carboxylic acids is 1. The van der Waals surface area contributed by atoms with Crippen molar-refractivity contribution in [2.75, 3.05) is 6.61 Å². The first-order valence-corrected chi connectivity index (χ1v) is 5.17. The number of nitrogens with zero attached hydrogens (tertiary/aromatic N) is 1. The highest BCUT2D eigenvalue weighted by Crippen LogP contribution is 2.30. The number of hydrogen-bond acceptors (Lipinski definition) is 4. The van der Waals surface area contributed by atoms with Gasteiger partial charge in [-0.15, -0.1) is 0 Å². The van der Waals surface area contributed by atoms with Crippen LogP contribution in [0.4, 0.5) is 10.1 Å². The van der Waals surface area contributed by atoms with E-state index in [4.69, 9.17) is 9.84 Å². The number of halogens is 1. The summed E-state index contributed by atoms with van der Waals surface area (Å²) in [6, 6.07) is 1.39. The number of nitro benzene ring substituents is 1. The van der Waals surface area contributed by atoms with Gasteiger partial charge in [-0.2, -0.15) is 0 Å². The molecule has 0 aromatic heterocycles. The Balaban J connectivity index is 3.22. The second kappa shape index (κ2) is 5.44. The van der Waals surface area contributed by atoms with Crippen LogP contribution in [-0.2, 0) is 0 Å². The lowest BCUT2D eigenvalue weighted by Crippen LogP contribution is -2.09. The monoisotopic (exact) mass is 257 g/mol. The van der Waals surface area contributed by atoms with Gasteiger partial charge in [0.2, 0.25) is 0 Å². The van der Waals surface area contributed by atoms with Crippen molar-refractivity contribution in [1.29, 1.82) is 0 Å². The number of hydrogen-bond donors (Lipinski definition) is 1. The van der Waals surface area contributed by atoms with E-state index < -0.39 is 28.0 Å². The van der Waals surface area contributed by atoms with E-state index >= 15 is 0 Å². The summed E-state index contributed by atoms with van der Waals surface area (Å²) in [4.78, 5) is 20.6. The molecule has 0 saturated heterocycles. The molecule has 6 nitrogen and oxygen atoms in total. The van der Waals surface area contributed by atoms with Crippen LogP contribution >= 0.6 is 0 Å². The summed E-state index contributed by atoms with van der Waals surface area (Å²) < 4.78 is 18.4. The summed E-state index contributed by atoms with van der Waals surface area (Å²) in [5, 5.41) is 19.4. The van der Waals surface area contributed by atoms with Crippen LogP contribution in [0, 0.1) is 21.8 Å². The summed E-state index contributed by atoms with van der Waals surface area (Å²) in [5.74, 6) is -2.81. The van der Waals surface area contributed by atoms with E-state index in [2.05, 4.69) is 0 Å². The van der Waals surface area contributed by atoms with Crippen LogP contribution in [0.5, 0.6) is 5.75 Å². The first-order valence-electron chi connectivity index (χ1n) is 5.17. The summed E-state index contributed by atoms with van der Waals surface area (Å²) in [7, 11) is 0. The first kappa shape index (κ1) is 13.9. The number of nitro groups is 1. The zero-order chi connectivity index (χ0) is 13.9. The molecule has 1 rings (SSSR count). The average Bonchev–Trinajstić information content (AvgIpc) is 2.26. The van der Waals surface area contributed by atoms with Gasteiger partial charge >= 0.3 is 11.7 Å². The molecule has 0 aliphatic rings. The molecule has 0 amide bonds. The quantitative estimate of drug-likeness (QED) is 0.646. The van der Waals surface area contributed by atoms with Crippen molar-refractivity contribution in [2.45, 2.75) is 13.8 Å². The van der Waals surface area contributed by atoms with Gasteiger partial charge in [0.1, 0.15) is 5.82 Å². The maximum Gasteiger partial charge on any atom is 0.338 e. The van der Waals surface area contributed by atoms with Crippen molar-refractivity contribution in [1.82, 2.24) is 0 Å². The van der Waals surface area contributed by atoms with Crippen molar-refractivity contribution in [3.05, 3.63) is 33.6 Å². The third kappa shape index (κ3) is 3.16. The van der Waals surface area contributed by atoms with E-state index in [0.717, 1.165) is 6.07 Å². The maximum atomic E-state index is 13.3. The lowest BCUT2D eigenvalue weighted by atomic mass is 10.1. The van der Waals surface area contributed by atoms with E-state index in [-0.39, 0.29) is 18.3 Å². The highest BCUT2D eigenvalue weighted by Gasteiger charge is 2.22. The molecule has 0 unspecified atom stereocenters. The molecular formula is C11H12FNO5. The van der Waals surface area contributed by atoms with Crippen molar-refractivity contribution >= 4 is 11.7 Å². The minimum absolute atomic E-state index is 0.0999. The third-order valence-corrected chi connectivity index (χ3v) is 2.05. The van der Waals surface area contributed by atoms with Gasteiger partial charge < -0.3 is 9.84 Å². The Hall–Kier alpha value is -2.18. The molecule has 7 heteroatoms. The Morgan fingerprint density at radius 1 is 1.56 bits per heavy atom. The van der Waals surface area contributed by atoms with Gasteiger partial charge in [0.25, 0.3) is 0 Å².